The quantitative estimate of drug-likeness (QED) is 0.570. The molecule has 1 aliphatic carbocycles. The van der Waals surface area contributed by atoms with Gasteiger partial charge < -0.3 is 19.8 Å². The van der Waals surface area contributed by atoms with Crippen molar-refractivity contribution >= 4 is 29.8 Å². The van der Waals surface area contributed by atoms with Crippen LogP contribution in [-0.2, 0) is 24.1 Å². The van der Waals surface area contributed by atoms with E-state index < -0.39 is 13.1 Å². The van der Waals surface area contributed by atoms with Gasteiger partial charge in [-0.25, -0.2) is 0 Å². The molecule has 6 nitrogen and oxygen atoms in total. The molecule has 0 saturated carbocycles. The van der Waals surface area contributed by atoms with Crippen molar-refractivity contribution in [3.05, 3.63) is 71.0 Å². The molecule has 3 aromatic rings. The fraction of sp³-hybridized carbons (Fsp3) is 0.238. The zero-order valence-electron chi connectivity index (χ0n) is 15.2. The third kappa shape index (κ3) is 3.72. The highest BCUT2D eigenvalue weighted by molar-refractivity contribution is 6.43. The Morgan fingerprint density at radius 3 is 2.82 bits per heavy atom. The molecule has 0 saturated heterocycles. The number of para-hydroxylation sites is 1. The molecule has 0 bridgehead atoms. The second-order valence-electron chi connectivity index (χ2n) is 7.14. The van der Waals surface area contributed by atoms with Crippen LogP contribution in [0.15, 0.2) is 53.1 Å². The Kier molecular flexibility index (Phi) is 5.02. The minimum Gasteiger partial charge on any atom is -0.464 e. The lowest BCUT2D eigenvalue weighted by Gasteiger charge is -2.17. The maximum Gasteiger partial charge on any atom is 0.475 e. The third-order valence-electron chi connectivity index (χ3n) is 5.17. The van der Waals surface area contributed by atoms with Crippen LogP contribution >= 0.6 is 0 Å². The summed E-state index contributed by atoms with van der Waals surface area (Å²) in [5, 5.41) is 23.0. The number of fused-ring (bicyclic) bond motifs is 2. The molecule has 7 heteroatoms. The molecule has 0 fully saturated rings. The van der Waals surface area contributed by atoms with E-state index in [2.05, 4.69) is 5.32 Å². The summed E-state index contributed by atoms with van der Waals surface area (Å²) < 4.78 is 5.48. The Bertz CT molecular complexity index is 1040. The van der Waals surface area contributed by atoms with Gasteiger partial charge in [0.25, 0.3) is 0 Å². The number of amides is 1. The van der Waals surface area contributed by atoms with E-state index in [0.717, 1.165) is 28.5 Å². The maximum absolute atomic E-state index is 12.5. The van der Waals surface area contributed by atoms with Crippen molar-refractivity contribution in [3.63, 3.8) is 0 Å². The lowest BCUT2D eigenvalue weighted by Crippen LogP contribution is -2.48. The Balaban J connectivity index is 1.45. The molecule has 1 heterocycles. The van der Waals surface area contributed by atoms with Gasteiger partial charge in [-0.2, -0.15) is 0 Å². The first-order chi connectivity index (χ1) is 13.5. The molecule has 0 radical (unpaired) electrons. The molecule has 4 rings (SSSR count). The van der Waals surface area contributed by atoms with Crippen LogP contribution in [0.25, 0.3) is 11.0 Å². The van der Waals surface area contributed by atoms with Crippen LogP contribution in [0.5, 0.6) is 0 Å². The van der Waals surface area contributed by atoms with Gasteiger partial charge in [-0.05, 0) is 41.7 Å². The number of rotatable bonds is 6. The van der Waals surface area contributed by atoms with Crippen LogP contribution in [0.1, 0.15) is 33.5 Å². The van der Waals surface area contributed by atoms with E-state index in [-0.39, 0.29) is 24.5 Å². The van der Waals surface area contributed by atoms with Gasteiger partial charge in [0.15, 0.2) is 5.78 Å². The topological polar surface area (TPSA) is 99.8 Å². The molecule has 3 N–H and O–H groups in total. The van der Waals surface area contributed by atoms with Crippen molar-refractivity contribution in [3.8, 4) is 0 Å². The fourth-order valence-corrected chi connectivity index (χ4v) is 3.70. The van der Waals surface area contributed by atoms with Gasteiger partial charge in [-0.1, -0.05) is 30.3 Å². The van der Waals surface area contributed by atoms with E-state index in [1.54, 1.807) is 12.3 Å². The summed E-state index contributed by atoms with van der Waals surface area (Å²) in [7, 11) is -1.71. The van der Waals surface area contributed by atoms with Crippen molar-refractivity contribution in [2.75, 3.05) is 0 Å². The first-order valence-corrected chi connectivity index (χ1v) is 9.27. The van der Waals surface area contributed by atoms with Crippen molar-refractivity contribution in [1.82, 2.24) is 5.32 Å². The lowest BCUT2D eigenvalue weighted by molar-refractivity contribution is -0.120. The number of carbonyl (C=O) groups excluding carboxylic acids is 2. The highest BCUT2D eigenvalue weighted by Crippen LogP contribution is 2.24. The Labute approximate surface area is 162 Å². The van der Waals surface area contributed by atoms with Crippen LogP contribution in [0.3, 0.4) is 0 Å². The largest absolute Gasteiger partial charge is 0.475 e. The molecule has 142 valence electrons. The molecule has 1 aliphatic rings. The standard InChI is InChI=1S/C21H20BNO5/c24-18-8-7-14-6-5-13(9-17(14)18)10-21(25)23-20(22(26)27)11-15-12-28-19-4-2-1-3-16(15)19/h1-6,9,12,20,26-27H,7-8,10-11H2,(H,23,25)/t20-/m0/s1. The molecule has 1 amide bonds. The number of benzene rings is 2. The molecule has 0 unspecified atom stereocenters. The monoisotopic (exact) mass is 377 g/mol. The summed E-state index contributed by atoms with van der Waals surface area (Å²) in [6, 6.07) is 12.9. The van der Waals surface area contributed by atoms with Crippen LogP contribution < -0.4 is 5.32 Å². The van der Waals surface area contributed by atoms with E-state index in [4.69, 9.17) is 4.42 Å². The van der Waals surface area contributed by atoms with E-state index in [9.17, 15) is 19.6 Å². The van der Waals surface area contributed by atoms with E-state index >= 15 is 0 Å². The predicted molar refractivity (Wildman–Crippen MR) is 105 cm³/mol. The first-order valence-electron chi connectivity index (χ1n) is 9.27. The Morgan fingerprint density at radius 2 is 2.00 bits per heavy atom. The highest BCUT2D eigenvalue weighted by Gasteiger charge is 2.27. The summed E-state index contributed by atoms with van der Waals surface area (Å²) in [4.78, 5) is 24.3. The van der Waals surface area contributed by atoms with Gasteiger partial charge in [0.2, 0.25) is 5.91 Å². The zero-order valence-corrected chi connectivity index (χ0v) is 15.2. The molecular weight excluding hydrogens is 357 g/mol. The predicted octanol–water partition coefficient (Wildman–Crippen LogP) is 1.84. The molecule has 0 spiro atoms. The fourth-order valence-electron chi connectivity index (χ4n) is 3.70. The summed E-state index contributed by atoms with van der Waals surface area (Å²) in [5.74, 6) is -1.10. The number of furan rings is 1. The average molecular weight is 377 g/mol. The van der Waals surface area contributed by atoms with Gasteiger partial charge in [-0.3, -0.25) is 9.59 Å². The normalized spacial score (nSPS) is 14.1. The molecule has 2 aromatic carbocycles. The van der Waals surface area contributed by atoms with Crippen molar-refractivity contribution < 1.29 is 24.1 Å². The smallest absolute Gasteiger partial charge is 0.464 e. The van der Waals surface area contributed by atoms with Crippen LogP contribution in [-0.4, -0.2) is 34.8 Å². The minimum absolute atomic E-state index is 0.0654. The first kappa shape index (κ1) is 18.5. The number of hydrogen-bond acceptors (Lipinski definition) is 5. The second kappa shape index (κ2) is 7.62. The van der Waals surface area contributed by atoms with Gasteiger partial charge in [0.05, 0.1) is 18.6 Å². The van der Waals surface area contributed by atoms with Crippen LogP contribution in [0.4, 0.5) is 0 Å². The number of carbonyl (C=O) groups is 2. The van der Waals surface area contributed by atoms with Crippen molar-refractivity contribution in [1.29, 1.82) is 0 Å². The molecule has 1 atom stereocenters. The van der Waals surface area contributed by atoms with Gasteiger partial charge >= 0.3 is 7.12 Å². The summed E-state index contributed by atoms with van der Waals surface area (Å²) in [5.41, 5.74) is 3.93. The third-order valence-corrected chi connectivity index (χ3v) is 5.17. The minimum atomic E-state index is -1.71. The summed E-state index contributed by atoms with van der Waals surface area (Å²) >= 11 is 0. The maximum atomic E-state index is 12.5. The van der Waals surface area contributed by atoms with E-state index in [0.29, 0.717) is 17.6 Å². The van der Waals surface area contributed by atoms with Gasteiger partial charge in [0, 0.05) is 17.4 Å². The van der Waals surface area contributed by atoms with E-state index in [1.807, 2.05) is 36.4 Å². The average Bonchev–Trinajstić information content (AvgIpc) is 3.25. The Hall–Kier alpha value is -2.90. The lowest BCUT2D eigenvalue weighted by atomic mass is 9.75. The number of aryl methyl sites for hydroxylation is 1. The van der Waals surface area contributed by atoms with Crippen LogP contribution in [0, 0.1) is 0 Å². The number of Topliss-reactive ketones (excluding diaryl/α,β-unsaturated/α-hetero) is 1. The number of hydrogen-bond donors (Lipinski definition) is 3. The summed E-state index contributed by atoms with van der Waals surface area (Å²) in [6.07, 6.45) is 3.12. The van der Waals surface area contributed by atoms with Crippen molar-refractivity contribution in [2.24, 2.45) is 0 Å². The number of ketones is 1. The summed E-state index contributed by atoms with van der Waals surface area (Å²) in [6.45, 7) is 0. The molecule has 1 aromatic heterocycles. The highest BCUT2D eigenvalue weighted by atomic mass is 16.4. The number of nitrogens with one attached hydrogen (secondary N) is 1. The second-order valence-corrected chi connectivity index (χ2v) is 7.14. The van der Waals surface area contributed by atoms with E-state index in [1.165, 1.54) is 0 Å². The van der Waals surface area contributed by atoms with Crippen LogP contribution in [0.2, 0.25) is 0 Å². The van der Waals surface area contributed by atoms with Gasteiger partial charge in [0.1, 0.15) is 5.58 Å². The van der Waals surface area contributed by atoms with Gasteiger partial charge in [-0.15, -0.1) is 0 Å². The SMILES string of the molecule is O=C(Cc1ccc2c(c1)C(=O)CC2)N[C@@H](Cc1coc2ccccc12)B(O)O. The molecule has 0 aliphatic heterocycles. The van der Waals surface area contributed by atoms with Crippen molar-refractivity contribution in [2.45, 2.75) is 31.6 Å². The zero-order chi connectivity index (χ0) is 19.7. The molecular formula is C21H20BNO5. The molecule has 28 heavy (non-hydrogen) atoms. The Morgan fingerprint density at radius 1 is 1.18 bits per heavy atom.